The first-order valence-electron chi connectivity index (χ1n) is 8.63. The largest absolute Gasteiger partial charge is 0.235 e. The van der Waals surface area contributed by atoms with Crippen molar-refractivity contribution in [2.45, 2.75) is 76.7 Å². The first kappa shape index (κ1) is 15.5. The van der Waals surface area contributed by atoms with Crippen LogP contribution in [-0.2, 0) is 16.6 Å². The predicted molar refractivity (Wildman–Crippen MR) is 90.1 cm³/mol. The molecule has 0 aliphatic heterocycles. The molecule has 0 heterocycles. The number of benzene rings is 1. The van der Waals surface area contributed by atoms with Crippen LogP contribution in [0.1, 0.15) is 76.0 Å². The monoisotopic (exact) mass is 297 g/mol. The summed E-state index contributed by atoms with van der Waals surface area (Å²) in [5.74, 6) is 1.03. The first-order chi connectivity index (χ1) is 10.4. The Bertz CT molecular complexity index is 629. The number of aliphatic imine (C=N–C) groups is 1. The summed E-state index contributed by atoms with van der Waals surface area (Å²) in [5, 5.41) is 0. The Morgan fingerprint density at radius 3 is 2.73 bits per heavy atom. The molecule has 1 fully saturated rings. The van der Waals surface area contributed by atoms with Gasteiger partial charge in [0.15, 0.2) is 0 Å². The minimum Gasteiger partial charge on any atom is -0.211 e. The first-order valence-corrected chi connectivity index (χ1v) is 8.63. The van der Waals surface area contributed by atoms with Gasteiger partial charge in [0.1, 0.15) is 0 Å². The summed E-state index contributed by atoms with van der Waals surface area (Å²) in [6.45, 7) is 9.06. The second-order valence-corrected chi connectivity index (χ2v) is 7.99. The van der Waals surface area contributed by atoms with E-state index >= 15 is 0 Å². The highest BCUT2D eigenvalue weighted by atomic mass is 16.1. The molecule has 2 heteroatoms. The fraction of sp³-hybridized carbons (Fsp3) is 0.650. The Morgan fingerprint density at radius 2 is 2.05 bits per heavy atom. The van der Waals surface area contributed by atoms with Gasteiger partial charge < -0.3 is 0 Å². The lowest BCUT2D eigenvalue weighted by molar-refractivity contribution is 0.0923. The van der Waals surface area contributed by atoms with Crippen LogP contribution in [0.2, 0.25) is 0 Å². The van der Waals surface area contributed by atoms with E-state index in [0.717, 1.165) is 25.7 Å². The standard InChI is InChI=1S/C20H27NO/c1-14(2)15-6-8-17-16(12-15)7-9-18-19(17,3)10-5-11-20(18,4)21-13-22/h6,8,12,14,18H,5,7,9-11H2,1-4H3/t18-,19-,20-/m1/s1. The molecule has 118 valence electrons. The molecule has 0 N–H and O–H groups in total. The fourth-order valence-electron chi connectivity index (χ4n) is 5.07. The SMILES string of the molecule is CC(C)c1ccc2c(c1)CC[C@H]1[C@](C)(N=C=O)CCC[C@]21C. The van der Waals surface area contributed by atoms with E-state index in [9.17, 15) is 4.79 Å². The van der Waals surface area contributed by atoms with Crippen molar-refractivity contribution in [3.05, 3.63) is 34.9 Å². The maximum Gasteiger partial charge on any atom is 0.235 e. The third-order valence-corrected chi connectivity index (χ3v) is 6.31. The molecule has 2 aliphatic rings. The molecule has 2 aliphatic carbocycles. The van der Waals surface area contributed by atoms with Crippen LogP contribution in [0.15, 0.2) is 23.2 Å². The highest BCUT2D eigenvalue weighted by Gasteiger charge is 2.52. The van der Waals surface area contributed by atoms with Crippen LogP contribution in [0.3, 0.4) is 0 Å². The average molecular weight is 297 g/mol. The molecule has 0 amide bonds. The van der Waals surface area contributed by atoms with Gasteiger partial charge in [0, 0.05) is 0 Å². The fourth-order valence-corrected chi connectivity index (χ4v) is 5.07. The van der Waals surface area contributed by atoms with E-state index < -0.39 is 0 Å². The number of hydrogen-bond acceptors (Lipinski definition) is 2. The zero-order valence-corrected chi connectivity index (χ0v) is 14.3. The van der Waals surface area contributed by atoms with Crippen molar-refractivity contribution in [3.8, 4) is 0 Å². The molecule has 2 nitrogen and oxygen atoms in total. The van der Waals surface area contributed by atoms with E-state index in [1.807, 2.05) is 6.08 Å². The molecular formula is C20H27NO. The molecule has 1 aromatic rings. The Hall–Kier alpha value is -1.40. The molecule has 0 bridgehead atoms. The molecule has 0 unspecified atom stereocenters. The van der Waals surface area contributed by atoms with Crippen molar-refractivity contribution in [2.75, 3.05) is 0 Å². The van der Waals surface area contributed by atoms with Gasteiger partial charge in [0.25, 0.3) is 0 Å². The number of nitrogens with zero attached hydrogens (tertiary/aromatic N) is 1. The maximum absolute atomic E-state index is 10.9. The van der Waals surface area contributed by atoms with E-state index in [1.165, 1.54) is 23.1 Å². The second-order valence-electron chi connectivity index (χ2n) is 7.99. The molecule has 0 radical (unpaired) electrons. The van der Waals surface area contributed by atoms with E-state index in [4.69, 9.17) is 0 Å². The highest BCUT2D eigenvalue weighted by molar-refractivity contribution is 5.43. The molecule has 0 saturated heterocycles. The summed E-state index contributed by atoms with van der Waals surface area (Å²) in [7, 11) is 0. The van der Waals surface area contributed by atoms with Gasteiger partial charge in [0.05, 0.1) is 5.54 Å². The Labute approximate surface area is 134 Å². The van der Waals surface area contributed by atoms with Gasteiger partial charge in [0.2, 0.25) is 6.08 Å². The third-order valence-electron chi connectivity index (χ3n) is 6.31. The predicted octanol–water partition coefficient (Wildman–Crippen LogP) is 4.91. The van der Waals surface area contributed by atoms with Crippen LogP contribution in [0.5, 0.6) is 0 Å². The molecule has 0 aromatic heterocycles. The lowest BCUT2D eigenvalue weighted by atomic mass is 9.52. The van der Waals surface area contributed by atoms with Gasteiger partial charge in [-0.1, -0.05) is 45.4 Å². The number of aryl methyl sites for hydroxylation is 1. The minimum absolute atomic E-state index is 0.149. The van der Waals surface area contributed by atoms with Crippen LogP contribution in [-0.4, -0.2) is 11.6 Å². The van der Waals surface area contributed by atoms with Crippen LogP contribution in [0, 0.1) is 5.92 Å². The van der Waals surface area contributed by atoms with Crippen LogP contribution in [0.25, 0.3) is 0 Å². The molecular weight excluding hydrogens is 270 g/mol. The van der Waals surface area contributed by atoms with Gasteiger partial charge in [-0.2, -0.15) is 4.99 Å². The van der Waals surface area contributed by atoms with Crippen LogP contribution in [0.4, 0.5) is 0 Å². The van der Waals surface area contributed by atoms with Crippen molar-refractivity contribution >= 4 is 6.08 Å². The summed E-state index contributed by atoms with van der Waals surface area (Å²) in [6.07, 6.45) is 7.45. The molecule has 1 saturated carbocycles. The van der Waals surface area contributed by atoms with E-state index in [1.54, 1.807) is 0 Å². The average Bonchev–Trinajstić information content (AvgIpc) is 2.46. The topological polar surface area (TPSA) is 29.4 Å². The molecule has 1 aromatic carbocycles. The zero-order valence-electron chi connectivity index (χ0n) is 14.3. The second kappa shape index (κ2) is 5.35. The maximum atomic E-state index is 10.9. The van der Waals surface area contributed by atoms with Gasteiger partial charge in [-0.05, 0) is 66.5 Å². The lowest BCUT2D eigenvalue weighted by Gasteiger charge is -2.53. The van der Waals surface area contributed by atoms with E-state index in [0.29, 0.717) is 11.8 Å². The number of hydrogen-bond donors (Lipinski definition) is 0. The molecule has 0 spiro atoms. The molecule has 22 heavy (non-hydrogen) atoms. The van der Waals surface area contributed by atoms with E-state index in [2.05, 4.69) is 50.9 Å². The summed E-state index contributed by atoms with van der Waals surface area (Å²) in [4.78, 5) is 15.2. The minimum atomic E-state index is -0.233. The van der Waals surface area contributed by atoms with Crippen molar-refractivity contribution in [1.29, 1.82) is 0 Å². The van der Waals surface area contributed by atoms with Gasteiger partial charge in [-0.3, -0.25) is 0 Å². The lowest BCUT2D eigenvalue weighted by Crippen LogP contribution is -2.51. The van der Waals surface area contributed by atoms with Gasteiger partial charge in [-0.15, -0.1) is 0 Å². The van der Waals surface area contributed by atoms with Crippen LogP contribution < -0.4 is 0 Å². The Kier molecular flexibility index (Phi) is 3.77. The van der Waals surface area contributed by atoms with Crippen molar-refractivity contribution in [1.82, 2.24) is 0 Å². The Morgan fingerprint density at radius 1 is 1.27 bits per heavy atom. The number of isocyanates is 1. The summed E-state index contributed by atoms with van der Waals surface area (Å²) < 4.78 is 0. The Balaban J connectivity index is 2.07. The van der Waals surface area contributed by atoms with E-state index in [-0.39, 0.29) is 11.0 Å². The quantitative estimate of drug-likeness (QED) is 0.563. The van der Waals surface area contributed by atoms with Crippen LogP contribution >= 0.6 is 0 Å². The zero-order chi connectivity index (χ0) is 16.0. The summed E-state index contributed by atoms with van der Waals surface area (Å²) >= 11 is 0. The van der Waals surface area contributed by atoms with Crippen molar-refractivity contribution < 1.29 is 4.79 Å². The molecule has 3 atom stereocenters. The highest BCUT2D eigenvalue weighted by Crippen LogP contribution is 2.55. The summed E-state index contributed by atoms with van der Waals surface area (Å²) in [5.41, 5.74) is 4.37. The van der Waals surface area contributed by atoms with Gasteiger partial charge >= 0.3 is 0 Å². The molecule has 3 rings (SSSR count). The van der Waals surface area contributed by atoms with Gasteiger partial charge in [-0.25, -0.2) is 4.79 Å². The number of fused-ring (bicyclic) bond motifs is 3. The van der Waals surface area contributed by atoms with Crippen molar-refractivity contribution in [3.63, 3.8) is 0 Å². The normalized spacial score (nSPS) is 33.8. The number of rotatable bonds is 2. The third kappa shape index (κ3) is 2.25. The smallest absolute Gasteiger partial charge is 0.211 e. The van der Waals surface area contributed by atoms with Crippen molar-refractivity contribution in [2.24, 2.45) is 10.9 Å². The summed E-state index contributed by atoms with van der Waals surface area (Å²) in [6, 6.07) is 7.07. The number of carbonyl (C=O) groups excluding carboxylic acids is 1.